The van der Waals surface area contributed by atoms with E-state index in [0.29, 0.717) is 51.7 Å². The van der Waals surface area contributed by atoms with Gasteiger partial charge < -0.3 is 20.4 Å². The van der Waals surface area contributed by atoms with Gasteiger partial charge in [-0.3, -0.25) is 19.2 Å². The molecule has 3 heterocycles. The number of piperidine rings is 2. The Labute approximate surface area is 248 Å². The van der Waals surface area contributed by atoms with Crippen molar-refractivity contribution in [3.8, 4) is 0 Å². The molecule has 0 radical (unpaired) electrons. The van der Waals surface area contributed by atoms with Gasteiger partial charge in [-0.1, -0.05) is 54.6 Å². The van der Waals surface area contributed by atoms with Crippen LogP contribution in [0.25, 0.3) is 0 Å². The van der Waals surface area contributed by atoms with Gasteiger partial charge in [0.25, 0.3) is 0 Å². The predicted octanol–water partition coefficient (Wildman–Crippen LogP) is 2.88. The second-order valence-corrected chi connectivity index (χ2v) is 12.8. The van der Waals surface area contributed by atoms with Crippen LogP contribution >= 0.6 is 0 Å². The quantitative estimate of drug-likeness (QED) is 0.591. The number of carbonyl (C=O) groups is 4. The first-order valence-corrected chi connectivity index (χ1v) is 15.7. The van der Waals surface area contributed by atoms with Crippen LogP contribution in [0.5, 0.6) is 0 Å². The highest BCUT2D eigenvalue weighted by molar-refractivity contribution is 5.92. The van der Waals surface area contributed by atoms with E-state index < -0.39 is 12.1 Å². The monoisotopic (exact) mass is 570 g/mol. The SMILES string of the molecule is C[C@H]1NC(=O)[C@H](CCc2ccccc2)NC(=O)CCC[C@H]2[C@@H]3C[C@@H](CN(C(=O)C4Cc5ccccc5C4)C3)CN2C1=O. The van der Waals surface area contributed by atoms with Crippen LogP contribution in [-0.4, -0.2) is 71.2 Å². The zero-order valence-electron chi connectivity index (χ0n) is 24.5. The molecule has 0 saturated carbocycles. The summed E-state index contributed by atoms with van der Waals surface area (Å²) in [5, 5.41) is 5.85. The lowest BCUT2D eigenvalue weighted by molar-refractivity contribution is -0.150. The van der Waals surface area contributed by atoms with Crippen molar-refractivity contribution in [3.63, 3.8) is 0 Å². The molecule has 2 N–H and O–H groups in total. The normalized spacial score (nSPS) is 28.6. The van der Waals surface area contributed by atoms with Gasteiger partial charge in [-0.15, -0.1) is 0 Å². The summed E-state index contributed by atoms with van der Waals surface area (Å²) < 4.78 is 0. The first-order valence-electron chi connectivity index (χ1n) is 15.7. The van der Waals surface area contributed by atoms with Gasteiger partial charge in [-0.2, -0.15) is 0 Å². The number of nitrogens with zero attached hydrogens (tertiary/aromatic N) is 2. The number of aryl methyl sites for hydroxylation is 1. The molecule has 4 aliphatic rings. The molecule has 0 spiro atoms. The molecule has 3 fully saturated rings. The van der Waals surface area contributed by atoms with E-state index in [1.165, 1.54) is 11.1 Å². The minimum Gasteiger partial charge on any atom is -0.344 e. The summed E-state index contributed by atoms with van der Waals surface area (Å²) in [6, 6.07) is 16.8. The molecule has 4 amide bonds. The van der Waals surface area contributed by atoms with E-state index >= 15 is 0 Å². The molecule has 3 aliphatic heterocycles. The standard InChI is InChI=1S/C34H42N4O4/c1-22-33(41)38-20-24-16-28(21-37(19-24)34(42)27-17-25-10-5-6-11-26(25)18-27)30(38)12-7-13-31(39)36-29(32(40)35-22)15-14-23-8-3-2-4-9-23/h2-6,8-11,22,24,27-30H,7,12-21H2,1H3,(H,35,40)(H,36,39)/t22-,24+,28-,29+,30+/m1/s1. The Bertz CT molecular complexity index is 1300. The Morgan fingerprint density at radius 3 is 2.36 bits per heavy atom. The maximum Gasteiger partial charge on any atom is 0.245 e. The van der Waals surface area contributed by atoms with Crippen molar-refractivity contribution in [1.82, 2.24) is 20.4 Å². The van der Waals surface area contributed by atoms with Gasteiger partial charge in [0.15, 0.2) is 0 Å². The molecule has 0 unspecified atom stereocenters. The largest absolute Gasteiger partial charge is 0.344 e. The fourth-order valence-corrected chi connectivity index (χ4v) is 7.73. The number of carbonyl (C=O) groups excluding carboxylic acids is 4. The Morgan fingerprint density at radius 2 is 1.62 bits per heavy atom. The van der Waals surface area contributed by atoms with Crippen LogP contribution in [0.1, 0.15) is 55.7 Å². The predicted molar refractivity (Wildman–Crippen MR) is 159 cm³/mol. The highest BCUT2D eigenvalue weighted by atomic mass is 16.2. The number of hydrogen-bond acceptors (Lipinski definition) is 4. The molecule has 222 valence electrons. The first-order chi connectivity index (χ1) is 20.4. The number of likely N-dealkylation sites (tertiary alicyclic amines) is 1. The first kappa shape index (κ1) is 28.4. The molecule has 8 heteroatoms. The lowest BCUT2D eigenvalue weighted by atomic mass is 9.77. The highest BCUT2D eigenvalue weighted by Gasteiger charge is 2.45. The Balaban J connectivity index is 1.13. The van der Waals surface area contributed by atoms with Crippen LogP contribution in [0.15, 0.2) is 54.6 Å². The molecule has 8 nitrogen and oxygen atoms in total. The number of hydrogen-bond donors (Lipinski definition) is 2. The number of amides is 4. The van der Waals surface area contributed by atoms with Gasteiger partial charge in [0.1, 0.15) is 12.1 Å². The molecule has 42 heavy (non-hydrogen) atoms. The van der Waals surface area contributed by atoms with Gasteiger partial charge in [-0.25, -0.2) is 0 Å². The summed E-state index contributed by atoms with van der Waals surface area (Å²) in [6.07, 6.45) is 5.36. The highest BCUT2D eigenvalue weighted by Crippen LogP contribution is 2.37. The summed E-state index contributed by atoms with van der Waals surface area (Å²) in [4.78, 5) is 57.8. The van der Waals surface area contributed by atoms with Gasteiger partial charge >= 0.3 is 0 Å². The minimum absolute atomic E-state index is 0.0102. The molecule has 2 aromatic rings. The third-order valence-electron chi connectivity index (χ3n) is 9.81. The van der Waals surface area contributed by atoms with Crippen molar-refractivity contribution in [3.05, 3.63) is 71.3 Å². The second kappa shape index (κ2) is 12.3. The molecular formula is C34H42N4O4. The van der Waals surface area contributed by atoms with Crippen molar-refractivity contribution >= 4 is 23.6 Å². The second-order valence-electron chi connectivity index (χ2n) is 12.8. The van der Waals surface area contributed by atoms with Crippen LogP contribution in [-0.2, 0) is 38.4 Å². The average Bonchev–Trinajstić information content (AvgIpc) is 3.43. The maximum atomic E-state index is 13.8. The lowest BCUT2D eigenvalue weighted by Crippen LogP contribution is -2.63. The lowest BCUT2D eigenvalue weighted by Gasteiger charge is -2.51. The zero-order valence-corrected chi connectivity index (χ0v) is 24.5. The maximum absolute atomic E-state index is 13.8. The Kier molecular flexibility index (Phi) is 8.31. The Morgan fingerprint density at radius 1 is 0.905 bits per heavy atom. The number of nitrogens with one attached hydrogen (secondary N) is 2. The fourth-order valence-electron chi connectivity index (χ4n) is 7.73. The topological polar surface area (TPSA) is 98.8 Å². The number of fused-ring (bicyclic) bond motifs is 5. The van der Waals surface area contributed by atoms with E-state index in [4.69, 9.17) is 0 Å². The molecular weight excluding hydrogens is 528 g/mol. The molecule has 1 aliphatic carbocycles. The third-order valence-corrected chi connectivity index (χ3v) is 9.81. The van der Waals surface area contributed by atoms with Gasteiger partial charge in [0.2, 0.25) is 23.6 Å². The minimum atomic E-state index is -0.691. The van der Waals surface area contributed by atoms with Crippen molar-refractivity contribution in [1.29, 1.82) is 0 Å². The molecule has 2 bridgehead atoms. The van der Waals surface area contributed by atoms with E-state index in [1.54, 1.807) is 6.92 Å². The van der Waals surface area contributed by atoms with Crippen molar-refractivity contribution in [2.75, 3.05) is 19.6 Å². The van der Waals surface area contributed by atoms with Crippen LogP contribution in [0, 0.1) is 17.8 Å². The number of benzene rings is 2. The Hall–Kier alpha value is -3.68. The van der Waals surface area contributed by atoms with Crippen LogP contribution in [0.3, 0.4) is 0 Å². The van der Waals surface area contributed by atoms with Crippen molar-refractivity contribution in [2.45, 2.75) is 76.4 Å². The van der Waals surface area contributed by atoms with Crippen LogP contribution in [0.4, 0.5) is 0 Å². The van der Waals surface area contributed by atoms with E-state index in [2.05, 4.69) is 27.7 Å². The molecule has 5 atom stereocenters. The van der Waals surface area contributed by atoms with Gasteiger partial charge in [-0.05, 0) is 80.4 Å². The van der Waals surface area contributed by atoms with Crippen LogP contribution < -0.4 is 10.6 Å². The van der Waals surface area contributed by atoms with E-state index in [9.17, 15) is 19.2 Å². The van der Waals surface area contributed by atoms with Gasteiger partial charge in [0.05, 0.1) is 0 Å². The zero-order chi connectivity index (χ0) is 29.2. The molecule has 0 aromatic heterocycles. The van der Waals surface area contributed by atoms with Crippen molar-refractivity contribution in [2.24, 2.45) is 17.8 Å². The smallest absolute Gasteiger partial charge is 0.245 e. The fraction of sp³-hybridized carbons (Fsp3) is 0.529. The summed E-state index contributed by atoms with van der Waals surface area (Å²) >= 11 is 0. The van der Waals surface area contributed by atoms with Crippen molar-refractivity contribution < 1.29 is 19.2 Å². The average molecular weight is 571 g/mol. The summed E-state index contributed by atoms with van der Waals surface area (Å²) in [7, 11) is 0. The van der Waals surface area contributed by atoms with E-state index in [0.717, 1.165) is 24.8 Å². The van der Waals surface area contributed by atoms with Gasteiger partial charge in [0, 0.05) is 38.0 Å². The molecule has 6 rings (SSSR count). The summed E-state index contributed by atoms with van der Waals surface area (Å²) in [5.41, 5.74) is 3.66. The van der Waals surface area contributed by atoms with E-state index in [1.807, 2.05) is 47.4 Å². The summed E-state index contributed by atoms with van der Waals surface area (Å²) in [5.74, 6) is 0.0892. The summed E-state index contributed by atoms with van der Waals surface area (Å²) in [6.45, 7) is 3.64. The third kappa shape index (κ3) is 6.08. The van der Waals surface area contributed by atoms with Crippen LogP contribution in [0.2, 0.25) is 0 Å². The van der Waals surface area contributed by atoms with E-state index in [-0.39, 0.29) is 47.4 Å². The molecule has 3 saturated heterocycles. The number of rotatable bonds is 4. The molecule has 2 aromatic carbocycles.